The number of rotatable bonds is 7. The third-order valence-electron chi connectivity index (χ3n) is 4.11. The van der Waals surface area contributed by atoms with E-state index in [1.165, 1.54) is 0 Å². The molecule has 6 heteroatoms. The molecule has 0 aromatic heterocycles. The summed E-state index contributed by atoms with van der Waals surface area (Å²) in [6.07, 6.45) is 2.82. The molecule has 1 N–H and O–H groups in total. The summed E-state index contributed by atoms with van der Waals surface area (Å²) in [7, 11) is 1.67. The lowest BCUT2D eigenvalue weighted by molar-refractivity contribution is -0.126. The molecule has 1 aromatic rings. The lowest BCUT2D eigenvalue weighted by Crippen LogP contribution is -2.43. The van der Waals surface area contributed by atoms with Gasteiger partial charge in [-0.15, -0.1) is 0 Å². The predicted octanol–water partition coefficient (Wildman–Crippen LogP) is 3.36. The molecule has 0 spiro atoms. The molecule has 128 valence electrons. The molecule has 1 heterocycles. The number of nitrogens with zero attached hydrogens (tertiary/aromatic N) is 1. The molecule has 1 aliphatic heterocycles. The number of benzene rings is 1. The van der Waals surface area contributed by atoms with Crippen molar-refractivity contribution < 1.29 is 9.53 Å². The SMILES string of the molecule is COCCCNC(=O)C1CCCN(Cc2ccc(Cl)cc2Cl)C1. The van der Waals surface area contributed by atoms with Gasteiger partial charge in [0.2, 0.25) is 5.91 Å². The molecule has 1 aliphatic rings. The molecule has 1 unspecified atom stereocenters. The van der Waals surface area contributed by atoms with E-state index in [0.717, 1.165) is 44.5 Å². The number of methoxy groups -OCH3 is 1. The predicted molar refractivity (Wildman–Crippen MR) is 94.0 cm³/mol. The van der Waals surface area contributed by atoms with Crippen molar-refractivity contribution in [1.82, 2.24) is 10.2 Å². The van der Waals surface area contributed by atoms with Gasteiger partial charge in [0, 0.05) is 43.4 Å². The summed E-state index contributed by atoms with van der Waals surface area (Å²) in [6.45, 7) is 3.86. The van der Waals surface area contributed by atoms with E-state index in [2.05, 4.69) is 10.2 Å². The minimum Gasteiger partial charge on any atom is -0.385 e. The smallest absolute Gasteiger partial charge is 0.224 e. The Bertz CT molecular complexity index is 525. The highest BCUT2D eigenvalue weighted by molar-refractivity contribution is 6.35. The first-order chi connectivity index (χ1) is 11.1. The third-order valence-corrected chi connectivity index (χ3v) is 4.70. The molecule has 1 atom stereocenters. The quantitative estimate of drug-likeness (QED) is 0.759. The zero-order valence-corrected chi connectivity index (χ0v) is 15.0. The van der Waals surface area contributed by atoms with Crippen LogP contribution in [-0.2, 0) is 16.1 Å². The van der Waals surface area contributed by atoms with Crippen molar-refractivity contribution >= 4 is 29.1 Å². The van der Waals surface area contributed by atoms with Crippen LogP contribution in [0.5, 0.6) is 0 Å². The van der Waals surface area contributed by atoms with Gasteiger partial charge >= 0.3 is 0 Å². The minimum absolute atomic E-state index is 0.0531. The van der Waals surface area contributed by atoms with Crippen molar-refractivity contribution in [3.05, 3.63) is 33.8 Å². The van der Waals surface area contributed by atoms with E-state index in [4.69, 9.17) is 27.9 Å². The van der Waals surface area contributed by atoms with Crippen LogP contribution in [0.2, 0.25) is 10.0 Å². The van der Waals surface area contributed by atoms with Crippen molar-refractivity contribution in [2.75, 3.05) is 33.4 Å². The highest BCUT2D eigenvalue weighted by Crippen LogP contribution is 2.24. The fourth-order valence-electron chi connectivity index (χ4n) is 2.88. The maximum atomic E-state index is 12.2. The highest BCUT2D eigenvalue weighted by atomic mass is 35.5. The fraction of sp³-hybridized carbons (Fsp3) is 0.588. The zero-order chi connectivity index (χ0) is 16.7. The Kier molecular flexibility index (Phi) is 7.63. The molecule has 1 aromatic carbocycles. The van der Waals surface area contributed by atoms with Gasteiger partial charge < -0.3 is 10.1 Å². The normalized spacial score (nSPS) is 18.8. The van der Waals surface area contributed by atoms with E-state index in [1.54, 1.807) is 13.2 Å². The van der Waals surface area contributed by atoms with Crippen LogP contribution in [0.3, 0.4) is 0 Å². The van der Waals surface area contributed by atoms with Crippen LogP contribution in [-0.4, -0.2) is 44.2 Å². The van der Waals surface area contributed by atoms with Crippen molar-refractivity contribution in [3.8, 4) is 0 Å². The summed E-state index contributed by atoms with van der Waals surface area (Å²) in [5.41, 5.74) is 1.05. The molecular weight excluding hydrogens is 335 g/mol. The highest BCUT2D eigenvalue weighted by Gasteiger charge is 2.25. The fourth-order valence-corrected chi connectivity index (χ4v) is 3.34. The van der Waals surface area contributed by atoms with E-state index in [9.17, 15) is 4.79 Å². The van der Waals surface area contributed by atoms with Crippen LogP contribution in [0, 0.1) is 5.92 Å². The average Bonchev–Trinajstić information content (AvgIpc) is 2.54. The van der Waals surface area contributed by atoms with Crippen LogP contribution in [0.15, 0.2) is 18.2 Å². The first-order valence-corrected chi connectivity index (χ1v) is 8.78. The van der Waals surface area contributed by atoms with Crippen molar-refractivity contribution in [2.45, 2.75) is 25.8 Å². The molecule has 0 radical (unpaired) electrons. The number of halogens is 2. The number of hydrogen-bond donors (Lipinski definition) is 1. The number of carbonyl (C=O) groups excluding carboxylic acids is 1. The van der Waals surface area contributed by atoms with Gasteiger partial charge in [0.1, 0.15) is 0 Å². The van der Waals surface area contributed by atoms with Gasteiger partial charge in [0.15, 0.2) is 0 Å². The number of nitrogens with one attached hydrogen (secondary N) is 1. The van der Waals surface area contributed by atoms with E-state index in [-0.39, 0.29) is 11.8 Å². The van der Waals surface area contributed by atoms with Crippen LogP contribution < -0.4 is 5.32 Å². The van der Waals surface area contributed by atoms with Gasteiger partial charge in [0.05, 0.1) is 5.92 Å². The Morgan fingerprint density at radius 3 is 3.00 bits per heavy atom. The molecule has 0 bridgehead atoms. The number of amides is 1. The Labute approximate surface area is 148 Å². The standard InChI is InChI=1S/C17H24Cl2N2O2/c1-23-9-3-7-20-17(22)14-4-2-8-21(12-14)11-13-5-6-15(18)10-16(13)19/h5-6,10,14H,2-4,7-9,11-12H2,1H3,(H,20,22). The van der Waals surface area contributed by atoms with Gasteiger partial charge in [-0.2, -0.15) is 0 Å². The summed E-state index contributed by atoms with van der Waals surface area (Å²) in [5.74, 6) is 0.199. The van der Waals surface area contributed by atoms with Crippen LogP contribution in [0.4, 0.5) is 0 Å². The number of carbonyl (C=O) groups is 1. The van der Waals surface area contributed by atoms with Crippen LogP contribution >= 0.6 is 23.2 Å². The summed E-state index contributed by atoms with van der Waals surface area (Å²) in [4.78, 5) is 14.5. The van der Waals surface area contributed by atoms with E-state index >= 15 is 0 Å². The van der Waals surface area contributed by atoms with Crippen molar-refractivity contribution in [1.29, 1.82) is 0 Å². The molecule has 23 heavy (non-hydrogen) atoms. The molecule has 2 rings (SSSR count). The summed E-state index contributed by atoms with van der Waals surface area (Å²) >= 11 is 12.2. The number of ether oxygens (including phenoxy) is 1. The Balaban J connectivity index is 1.84. The van der Waals surface area contributed by atoms with E-state index in [0.29, 0.717) is 23.2 Å². The second kappa shape index (κ2) is 9.48. The second-order valence-electron chi connectivity index (χ2n) is 5.95. The molecule has 1 amide bonds. The van der Waals surface area contributed by atoms with E-state index in [1.807, 2.05) is 12.1 Å². The number of hydrogen-bond acceptors (Lipinski definition) is 3. The molecule has 0 saturated carbocycles. The lowest BCUT2D eigenvalue weighted by atomic mass is 9.96. The van der Waals surface area contributed by atoms with Gasteiger partial charge in [-0.1, -0.05) is 29.3 Å². The van der Waals surface area contributed by atoms with Gasteiger partial charge in [-0.3, -0.25) is 9.69 Å². The second-order valence-corrected chi connectivity index (χ2v) is 6.79. The Morgan fingerprint density at radius 1 is 1.43 bits per heavy atom. The maximum absolute atomic E-state index is 12.2. The lowest BCUT2D eigenvalue weighted by Gasteiger charge is -2.32. The largest absolute Gasteiger partial charge is 0.385 e. The molecule has 1 fully saturated rings. The van der Waals surface area contributed by atoms with Crippen LogP contribution in [0.1, 0.15) is 24.8 Å². The third kappa shape index (κ3) is 5.96. The maximum Gasteiger partial charge on any atom is 0.224 e. The van der Waals surface area contributed by atoms with Crippen molar-refractivity contribution in [2.24, 2.45) is 5.92 Å². The molecule has 4 nitrogen and oxygen atoms in total. The van der Waals surface area contributed by atoms with Gasteiger partial charge in [-0.05, 0) is 43.5 Å². The number of piperidine rings is 1. The summed E-state index contributed by atoms with van der Waals surface area (Å²) in [5, 5.41) is 4.33. The van der Waals surface area contributed by atoms with E-state index < -0.39 is 0 Å². The molecule has 1 saturated heterocycles. The molecular formula is C17H24Cl2N2O2. The zero-order valence-electron chi connectivity index (χ0n) is 13.5. The van der Waals surface area contributed by atoms with Crippen LogP contribution in [0.25, 0.3) is 0 Å². The minimum atomic E-state index is 0.0531. The van der Waals surface area contributed by atoms with Gasteiger partial charge in [-0.25, -0.2) is 0 Å². The average molecular weight is 359 g/mol. The summed E-state index contributed by atoms with van der Waals surface area (Å²) in [6, 6.07) is 5.58. The topological polar surface area (TPSA) is 41.6 Å². The molecule has 0 aliphatic carbocycles. The first-order valence-electron chi connectivity index (χ1n) is 8.03. The number of likely N-dealkylation sites (tertiary alicyclic amines) is 1. The first kappa shape index (κ1) is 18.5. The Hall–Kier alpha value is -0.810. The Morgan fingerprint density at radius 2 is 2.26 bits per heavy atom. The van der Waals surface area contributed by atoms with Crippen molar-refractivity contribution in [3.63, 3.8) is 0 Å². The van der Waals surface area contributed by atoms with Gasteiger partial charge in [0.25, 0.3) is 0 Å². The monoisotopic (exact) mass is 358 g/mol. The summed E-state index contributed by atoms with van der Waals surface area (Å²) < 4.78 is 4.99.